The van der Waals surface area contributed by atoms with Gasteiger partial charge in [-0.3, -0.25) is 4.79 Å². The van der Waals surface area contributed by atoms with Crippen LogP contribution in [0.15, 0.2) is 60.7 Å². The van der Waals surface area contributed by atoms with Crippen molar-refractivity contribution in [3.05, 3.63) is 93.2 Å². The molecule has 0 spiro atoms. The lowest BCUT2D eigenvalue weighted by Crippen LogP contribution is -2.50. The minimum atomic E-state index is -1.12. The van der Waals surface area contributed by atoms with Crippen molar-refractivity contribution in [3.63, 3.8) is 0 Å². The number of carbonyl (C=O) groups is 2. The van der Waals surface area contributed by atoms with E-state index in [1.54, 1.807) is 24.3 Å². The lowest BCUT2D eigenvalue weighted by Gasteiger charge is -2.42. The van der Waals surface area contributed by atoms with E-state index in [-0.39, 0.29) is 34.0 Å². The van der Waals surface area contributed by atoms with E-state index in [0.717, 1.165) is 0 Å². The van der Waals surface area contributed by atoms with Gasteiger partial charge in [0.25, 0.3) is 0 Å². The average Bonchev–Trinajstić information content (AvgIpc) is 3.22. The number of carboxylic acids is 1. The second-order valence-corrected chi connectivity index (χ2v) is 12.4. The van der Waals surface area contributed by atoms with E-state index in [0.29, 0.717) is 22.6 Å². The van der Waals surface area contributed by atoms with E-state index in [4.69, 9.17) is 33.7 Å². The van der Waals surface area contributed by atoms with E-state index in [2.05, 4.69) is 31.4 Å². The number of anilines is 1. The van der Waals surface area contributed by atoms with Crippen LogP contribution in [0.25, 0.3) is 0 Å². The third-order valence-electron chi connectivity index (χ3n) is 7.71. The van der Waals surface area contributed by atoms with Crippen molar-refractivity contribution in [2.24, 2.45) is 11.1 Å². The lowest BCUT2D eigenvalue weighted by molar-refractivity contribution is -0.118. The largest absolute Gasteiger partial charge is 0.495 e. The second-order valence-electron chi connectivity index (χ2n) is 11.5. The first-order chi connectivity index (χ1) is 19.3. The van der Waals surface area contributed by atoms with Gasteiger partial charge in [-0.15, -0.1) is 0 Å². The summed E-state index contributed by atoms with van der Waals surface area (Å²) < 4.78 is 21.2. The maximum atomic E-state index is 15.8. The maximum absolute atomic E-state index is 15.8. The normalized spacial score (nSPS) is 22.4. The molecule has 4 atom stereocenters. The van der Waals surface area contributed by atoms with Crippen molar-refractivity contribution in [2.45, 2.75) is 50.6 Å². The summed E-state index contributed by atoms with van der Waals surface area (Å²) in [6.07, 6.45) is 0.563. The Hall–Kier alpha value is -3.17. The molecule has 41 heavy (non-hydrogen) atoms. The van der Waals surface area contributed by atoms with Gasteiger partial charge < -0.3 is 26.2 Å². The molecule has 218 valence electrons. The van der Waals surface area contributed by atoms with E-state index >= 15 is 4.39 Å². The molecular weight excluding hydrogens is 568 g/mol. The highest BCUT2D eigenvalue weighted by molar-refractivity contribution is 6.31. The van der Waals surface area contributed by atoms with E-state index < -0.39 is 41.1 Å². The summed E-state index contributed by atoms with van der Waals surface area (Å²) in [6, 6.07) is 14.5. The lowest BCUT2D eigenvalue weighted by atomic mass is 9.62. The van der Waals surface area contributed by atoms with Gasteiger partial charge in [-0.1, -0.05) is 68.2 Å². The van der Waals surface area contributed by atoms with Gasteiger partial charge in [-0.05, 0) is 59.4 Å². The third-order valence-corrected chi connectivity index (χ3v) is 8.29. The number of ether oxygens (including phenoxy) is 1. The summed E-state index contributed by atoms with van der Waals surface area (Å²) in [5.41, 5.74) is 6.59. The molecule has 10 heteroatoms. The second kappa shape index (κ2) is 12.0. The summed E-state index contributed by atoms with van der Waals surface area (Å²) >= 11 is 12.9. The maximum Gasteiger partial charge on any atom is 0.335 e. The molecule has 0 unspecified atom stereocenters. The first-order valence-electron chi connectivity index (χ1n) is 13.2. The molecule has 1 aliphatic rings. The highest BCUT2D eigenvalue weighted by atomic mass is 35.5. The topological polar surface area (TPSA) is 114 Å². The van der Waals surface area contributed by atoms with Gasteiger partial charge in [0.15, 0.2) is 0 Å². The van der Waals surface area contributed by atoms with Gasteiger partial charge in [0.05, 0.1) is 24.4 Å². The Kier molecular flexibility index (Phi) is 8.99. The molecule has 5 N–H and O–H groups in total. The minimum Gasteiger partial charge on any atom is -0.495 e. The number of nitrogens with two attached hydrogens (primary N) is 1. The number of hydrogen-bond donors (Lipinski definition) is 4. The Morgan fingerprint density at radius 1 is 1.12 bits per heavy atom. The summed E-state index contributed by atoms with van der Waals surface area (Å²) in [7, 11) is 1.39. The highest BCUT2D eigenvalue weighted by Gasteiger charge is 2.59. The zero-order valence-electron chi connectivity index (χ0n) is 23.3. The van der Waals surface area contributed by atoms with Crippen LogP contribution in [0, 0.1) is 11.2 Å². The van der Waals surface area contributed by atoms with Crippen LogP contribution in [0.5, 0.6) is 5.75 Å². The molecule has 1 saturated heterocycles. The molecule has 7 nitrogen and oxygen atoms in total. The fourth-order valence-electron chi connectivity index (χ4n) is 5.98. The smallest absolute Gasteiger partial charge is 0.335 e. The average molecular weight is 603 g/mol. The number of carbonyl (C=O) groups excluding carboxylic acids is 1. The Morgan fingerprint density at radius 2 is 1.83 bits per heavy atom. The highest BCUT2D eigenvalue weighted by Crippen LogP contribution is 2.53. The predicted molar refractivity (Wildman–Crippen MR) is 160 cm³/mol. The van der Waals surface area contributed by atoms with Gasteiger partial charge in [-0.2, -0.15) is 0 Å². The summed E-state index contributed by atoms with van der Waals surface area (Å²) in [5.74, 6) is -2.58. The van der Waals surface area contributed by atoms with Crippen LogP contribution in [0.3, 0.4) is 0 Å². The Balaban J connectivity index is 1.91. The first-order valence-corrected chi connectivity index (χ1v) is 14.0. The monoisotopic (exact) mass is 601 g/mol. The van der Waals surface area contributed by atoms with Crippen molar-refractivity contribution < 1.29 is 23.8 Å². The molecule has 0 radical (unpaired) electrons. The van der Waals surface area contributed by atoms with E-state index in [1.165, 1.54) is 31.4 Å². The number of methoxy groups -OCH3 is 1. The third kappa shape index (κ3) is 6.06. The molecule has 0 aromatic heterocycles. The van der Waals surface area contributed by atoms with E-state index in [9.17, 15) is 14.7 Å². The molecule has 1 amide bonds. The molecule has 3 aromatic rings. The molecule has 4 rings (SSSR count). The standard InChI is InChI=1S/C31H34Cl2FN3O4/c1-30(2,3)15-25-31(16-35,20-11-10-18(32)14-22(20)34)26(19-7-5-6-8-21(19)33)27(37-25)28(38)36-23-12-9-17(29(39)40)13-24(23)41-4/h5-14,25-27,37H,15-16,35H2,1-4H3,(H,36,38)(H,39,40)/t25-,26-,27+,31-/m0/s1. The molecular formula is C31H34Cl2FN3O4. The zero-order valence-corrected chi connectivity index (χ0v) is 24.8. The SMILES string of the molecule is COc1cc(C(=O)O)ccc1NC(=O)[C@@H]1N[C@@H](CC(C)(C)C)[C@](CN)(c2ccc(Cl)cc2F)[C@H]1c1ccccc1Cl. The quantitative estimate of drug-likeness (QED) is 0.243. The first kappa shape index (κ1) is 30.8. The fourth-order valence-corrected chi connectivity index (χ4v) is 6.39. The molecule has 1 heterocycles. The van der Waals surface area contributed by atoms with Gasteiger partial charge in [0.2, 0.25) is 5.91 Å². The zero-order chi connectivity index (χ0) is 30.1. The van der Waals surface area contributed by atoms with Gasteiger partial charge in [0.1, 0.15) is 11.6 Å². The number of hydrogen-bond acceptors (Lipinski definition) is 5. The summed E-state index contributed by atoms with van der Waals surface area (Å²) in [4.78, 5) is 25.6. The van der Waals surface area contributed by atoms with Gasteiger partial charge in [-0.25, -0.2) is 9.18 Å². The Bertz CT molecular complexity index is 1460. The molecule has 0 aliphatic carbocycles. The number of nitrogens with one attached hydrogen (secondary N) is 2. The van der Waals surface area contributed by atoms with Crippen molar-refractivity contribution >= 4 is 40.8 Å². The number of rotatable bonds is 8. The molecule has 1 fully saturated rings. The van der Waals surface area contributed by atoms with E-state index in [1.807, 2.05) is 12.1 Å². The van der Waals surface area contributed by atoms with Crippen LogP contribution < -0.4 is 21.1 Å². The summed E-state index contributed by atoms with van der Waals surface area (Å²) in [6.45, 7) is 6.22. The van der Waals surface area contributed by atoms with Crippen molar-refractivity contribution in [1.82, 2.24) is 5.32 Å². The van der Waals surface area contributed by atoms with Crippen LogP contribution in [-0.4, -0.2) is 42.7 Å². The van der Waals surface area contributed by atoms with Gasteiger partial charge >= 0.3 is 5.97 Å². The Labute approximate surface area is 249 Å². The molecule has 0 bridgehead atoms. The van der Waals surface area contributed by atoms with Crippen LogP contribution >= 0.6 is 23.2 Å². The van der Waals surface area contributed by atoms with Crippen LogP contribution in [0.2, 0.25) is 10.0 Å². The van der Waals surface area contributed by atoms with Crippen LogP contribution in [-0.2, 0) is 10.2 Å². The Morgan fingerprint density at radius 3 is 2.41 bits per heavy atom. The molecule has 3 aromatic carbocycles. The van der Waals surface area contributed by atoms with Crippen molar-refractivity contribution in [2.75, 3.05) is 19.0 Å². The number of halogens is 3. The van der Waals surface area contributed by atoms with Crippen molar-refractivity contribution in [3.8, 4) is 5.75 Å². The predicted octanol–water partition coefficient (Wildman–Crippen LogP) is 6.23. The van der Waals surface area contributed by atoms with Crippen molar-refractivity contribution in [1.29, 1.82) is 0 Å². The fraction of sp³-hybridized carbons (Fsp3) is 0.355. The molecule has 1 aliphatic heterocycles. The molecule has 0 saturated carbocycles. The number of carboxylic acid groups (broad SMARTS) is 1. The summed E-state index contributed by atoms with van der Waals surface area (Å²) in [5, 5.41) is 16.4. The van der Waals surface area contributed by atoms with Crippen LogP contribution in [0.1, 0.15) is 54.6 Å². The minimum absolute atomic E-state index is 0.00952. The van der Waals surface area contributed by atoms with Gasteiger partial charge in [0, 0.05) is 34.0 Å². The van der Waals surface area contributed by atoms with Crippen LogP contribution in [0.4, 0.5) is 10.1 Å². The number of amides is 1. The number of benzene rings is 3. The number of aromatic carboxylic acids is 1.